The second-order valence-electron chi connectivity index (χ2n) is 3.79. The second-order valence-corrected chi connectivity index (χ2v) is 4.17. The van der Waals surface area contributed by atoms with Crippen molar-refractivity contribution in [3.8, 4) is 0 Å². The van der Waals surface area contributed by atoms with E-state index >= 15 is 0 Å². The highest BCUT2D eigenvalue weighted by Crippen LogP contribution is 1.98. The maximum absolute atomic E-state index is 5.60. The van der Waals surface area contributed by atoms with E-state index in [0.717, 1.165) is 38.6 Å². The van der Waals surface area contributed by atoms with Gasteiger partial charge in [0.15, 0.2) is 0 Å². The van der Waals surface area contributed by atoms with E-state index in [0.29, 0.717) is 5.88 Å². The Labute approximate surface area is 87.2 Å². The highest BCUT2D eigenvalue weighted by molar-refractivity contribution is 6.18. The summed E-state index contributed by atoms with van der Waals surface area (Å²) in [5, 5.41) is 0. The van der Waals surface area contributed by atoms with Crippen LogP contribution in [0.25, 0.3) is 0 Å². The number of alkyl halides is 1. The van der Waals surface area contributed by atoms with Crippen LogP contribution in [-0.2, 0) is 4.74 Å². The molecule has 0 bridgehead atoms. The van der Waals surface area contributed by atoms with Crippen LogP contribution in [0, 0.1) is 5.92 Å². The van der Waals surface area contributed by atoms with Crippen LogP contribution in [0.3, 0.4) is 0 Å². The van der Waals surface area contributed by atoms with Gasteiger partial charge in [-0.2, -0.15) is 0 Å². The van der Waals surface area contributed by atoms with Gasteiger partial charge in [0, 0.05) is 25.6 Å². The number of halogens is 1. The summed E-state index contributed by atoms with van der Waals surface area (Å²) >= 11 is 5.60. The zero-order chi connectivity index (χ0) is 10.1. The van der Waals surface area contributed by atoms with Crippen LogP contribution in [-0.4, -0.2) is 44.1 Å². The third kappa shape index (κ3) is 10.1. The van der Waals surface area contributed by atoms with Crippen molar-refractivity contribution in [3.63, 3.8) is 0 Å². The predicted octanol–water partition coefficient (Wildman–Crippen LogP) is 2.22. The molecule has 3 heteroatoms. The lowest BCUT2D eigenvalue weighted by Gasteiger charge is -2.14. The second kappa shape index (κ2) is 8.79. The molecule has 80 valence electrons. The Morgan fingerprint density at radius 1 is 1.23 bits per heavy atom. The fourth-order valence-corrected chi connectivity index (χ4v) is 1.19. The average molecular weight is 208 g/mol. The van der Waals surface area contributed by atoms with E-state index in [1.807, 2.05) is 0 Å². The summed E-state index contributed by atoms with van der Waals surface area (Å²) < 4.78 is 5.48. The topological polar surface area (TPSA) is 12.5 Å². The monoisotopic (exact) mass is 207 g/mol. The molecule has 0 spiro atoms. The molecule has 0 rings (SSSR count). The Balaban J connectivity index is 3.06. The number of likely N-dealkylation sites (N-methyl/N-ethyl adjacent to an activating group) is 1. The van der Waals surface area contributed by atoms with Crippen LogP contribution in [0.5, 0.6) is 0 Å². The van der Waals surface area contributed by atoms with E-state index in [4.69, 9.17) is 16.3 Å². The first-order valence-corrected chi connectivity index (χ1v) is 5.52. The number of nitrogens with zero attached hydrogens (tertiary/aromatic N) is 1. The third-order valence-electron chi connectivity index (χ3n) is 1.92. The number of ether oxygens (including phenoxy) is 1. The van der Waals surface area contributed by atoms with Gasteiger partial charge in [-0.15, -0.1) is 11.6 Å². The van der Waals surface area contributed by atoms with E-state index in [9.17, 15) is 0 Å². The van der Waals surface area contributed by atoms with E-state index in [2.05, 4.69) is 25.8 Å². The van der Waals surface area contributed by atoms with Crippen molar-refractivity contribution in [2.75, 3.05) is 39.2 Å². The Morgan fingerprint density at radius 2 is 1.92 bits per heavy atom. The molecule has 0 saturated carbocycles. The lowest BCUT2D eigenvalue weighted by atomic mass is 10.1. The first-order chi connectivity index (χ1) is 6.16. The molecule has 0 saturated heterocycles. The Morgan fingerprint density at radius 3 is 2.46 bits per heavy atom. The van der Waals surface area contributed by atoms with Gasteiger partial charge in [-0.05, 0) is 19.4 Å². The number of rotatable bonds is 8. The van der Waals surface area contributed by atoms with Gasteiger partial charge in [-0.1, -0.05) is 13.8 Å². The minimum absolute atomic E-state index is 0.697. The SMILES string of the molecule is CC(C)CCOCCN(C)CCCl. The molecule has 0 amide bonds. The molecular formula is C10H22ClNO. The van der Waals surface area contributed by atoms with Crippen LogP contribution in [0.1, 0.15) is 20.3 Å². The zero-order valence-corrected chi connectivity index (χ0v) is 9.81. The molecule has 0 radical (unpaired) electrons. The van der Waals surface area contributed by atoms with E-state index in [-0.39, 0.29) is 0 Å². The molecule has 0 heterocycles. The van der Waals surface area contributed by atoms with Crippen molar-refractivity contribution < 1.29 is 4.74 Å². The largest absolute Gasteiger partial charge is 0.380 e. The van der Waals surface area contributed by atoms with Gasteiger partial charge < -0.3 is 9.64 Å². The smallest absolute Gasteiger partial charge is 0.0593 e. The molecule has 0 aromatic heterocycles. The number of hydrogen-bond donors (Lipinski definition) is 0. The summed E-state index contributed by atoms with van der Waals surface area (Å²) in [5.74, 6) is 1.43. The predicted molar refractivity (Wildman–Crippen MR) is 58.5 cm³/mol. The lowest BCUT2D eigenvalue weighted by Crippen LogP contribution is -2.25. The van der Waals surface area contributed by atoms with Gasteiger partial charge in [-0.25, -0.2) is 0 Å². The highest BCUT2D eigenvalue weighted by Gasteiger charge is 1.97. The van der Waals surface area contributed by atoms with Gasteiger partial charge in [0.05, 0.1) is 6.61 Å². The molecule has 0 aromatic rings. The summed E-state index contributed by atoms with van der Waals surface area (Å²) in [7, 11) is 2.06. The van der Waals surface area contributed by atoms with E-state index in [1.54, 1.807) is 0 Å². The minimum atomic E-state index is 0.697. The van der Waals surface area contributed by atoms with Crippen LogP contribution < -0.4 is 0 Å². The Kier molecular flexibility index (Phi) is 8.93. The minimum Gasteiger partial charge on any atom is -0.380 e. The highest BCUT2D eigenvalue weighted by atomic mass is 35.5. The summed E-state index contributed by atoms with van der Waals surface area (Å²) in [6, 6.07) is 0. The van der Waals surface area contributed by atoms with Gasteiger partial charge >= 0.3 is 0 Å². The molecule has 0 atom stereocenters. The summed E-state index contributed by atoms with van der Waals surface area (Å²) in [4.78, 5) is 2.18. The van der Waals surface area contributed by atoms with Gasteiger partial charge in [-0.3, -0.25) is 0 Å². The van der Waals surface area contributed by atoms with Crippen molar-refractivity contribution in [2.24, 2.45) is 5.92 Å². The standard InChI is InChI=1S/C10H22ClNO/c1-10(2)4-8-13-9-7-12(3)6-5-11/h10H,4-9H2,1-3H3. The van der Waals surface area contributed by atoms with Crippen LogP contribution in [0.2, 0.25) is 0 Å². The molecule has 0 fully saturated rings. The van der Waals surface area contributed by atoms with Crippen LogP contribution in [0.4, 0.5) is 0 Å². The maximum Gasteiger partial charge on any atom is 0.0593 e. The molecule has 0 aliphatic carbocycles. The van der Waals surface area contributed by atoms with Crippen molar-refractivity contribution in [1.29, 1.82) is 0 Å². The number of hydrogen-bond acceptors (Lipinski definition) is 2. The van der Waals surface area contributed by atoms with E-state index in [1.165, 1.54) is 0 Å². The molecular weight excluding hydrogens is 186 g/mol. The quantitative estimate of drug-likeness (QED) is 0.447. The van der Waals surface area contributed by atoms with Crippen molar-refractivity contribution in [2.45, 2.75) is 20.3 Å². The normalized spacial score (nSPS) is 11.5. The van der Waals surface area contributed by atoms with Crippen molar-refractivity contribution >= 4 is 11.6 Å². The first-order valence-electron chi connectivity index (χ1n) is 4.99. The van der Waals surface area contributed by atoms with Gasteiger partial charge in [0.1, 0.15) is 0 Å². The first kappa shape index (κ1) is 13.2. The summed E-state index contributed by atoms with van der Waals surface area (Å²) in [6.07, 6.45) is 1.15. The van der Waals surface area contributed by atoms with Crippen LogP contribution >= 0.6 is 11.6 Å². The fraction of sp³-hybridized carbons (Fsp3) is 1.00. The Bertz CT molecular complexity index is 109. The van der Waals surface area contributed by atoms with Gasteiger partial charge in [0.25, 0.3) is 0 Å². The molecule has 0 unspecified atom stereocenters. The summed E-state index contributed by atoms with van der Waals surface area (Å²) in [5.41, 5.74) is 0. The summed E-state index contributed by atoms with van der Waals surface area (Å²) in [6.45, 7) is 8.04. The maximum atomic E-state index is 5.60. The molecule has 0 N–H and O–H groups in total. The molecule has 0 aliphatic heterocycles. The Hall–Kier alpha value is 0.210. The molecule has 0 aromatic carbocycles. The van der Waals surface area contributed by atoms with Crippen molar-refractivity contribution in [3.05, 3.63) is 0 Å². The average Bonchev–Trinajstić information content (AvgIpc) is 2.03. The molecule has 2 nitrogen and oxygen atoms in total. The third-order valence-corrected chi connectivity index (χ3v) is 2.09. The molecule has 13 heavy (non-hydrogen) atoms. The fourth-order valence-electron chi connectivity index (χ4n) is 0.898. The van der Waals surface area contributed by atoms with E-state index < -0.39 is 0 Å². The molecule has 0 aliphatic rings. The lowest BCUT2D eigenvalue weighted by molar-refractivity contribution is 0.104. The zero-order valence-electron chi connectivity index (χ0n) is 9.05. The van der Waals surface area contributed by atoms with Crippen molar-refractivity contribution in [1.82, 2.24) is 4.90 Å². The van der Waals surface area contributed by atoms with Crippen LogP contribution in [0.15, 0.2) is 0 Å². The van der Waals surface area contributed by atoms with Gasteiger partial charge in [0.2, 0.25) is 0 Å².